The number of hydrogen-bond donors (Lipinski definition) is 3. The van der Waals surface area contributed by atoms with Gasteiger partial charge in [0, 0.05) is 18.2 Å². The number of phenols is 3. The van der Waals surface area contributed by atoms with Gasteiger partial charge in [-0.05, 0) is 34.5 Å². The van der Waals surface area contributed by atoms with Crippen LogP contribution in [0.25, 0.3) is 0 Å². The van der Waals surface area contributed by atoms with E-state index in [4.69, 9.17) is 9.47 Å². The van der Waals surface area contributed by atoms with Gasteiger partial charge in [0.15, 0.2) is 5.78 Å². The third kappa shape index (κ3) is 3.44. The summed E-state index contributed by atoms with van der Waals surface area (Å²) < 4.78 is 10.7. The number of halogens is 1. The highest BCUT2D eigenvalue weighted by Gasteiger charge is 2.39. The number of carbonyl (C=O) groups is 2. The van der Waals surface area contributed by atoms with Crippen LogP contribution in [-0.4, -0.2) is 41.1 Å². The molecule has 0 bridgehead atoms. The first-order valence-corrected chi connectivity index (χ1v) is 10.4. The lowest BCUT2D eigenvalue weighted by atomic mass is 9.81. The second kappa shape index (κ2) is 8.65. The van der Waals surface area contributed by atoms with E-state index in [-0.39, 0.29) is 43.8 Å². The van der Waals surface area contributed by atoms with Crippen molar-refractivity contribution in [3.05, 3.63) is 44.4 Å². The first kappa shape index (κ1) is 22.1. The smallest absolute Gasteiger partial charge is 0.202 e. The van der Waals surface area contributed by atoms with E-state index in [1.54, 1.807) is 0 Å². The Balaban J connectivity index is 2.20. The molecule has 0 aliphatic heterocycles. The van der Waals surface area contributed by atoms with Crippen LogP contribution in [0.15, 0.2) is 16.6 Å². The van der Waals surface area contributed by atoms with Gasteiger partial charge in [-0.3, -0.25) is 9.59 Å². The average molecular weight is 479 g/mol. The lowest BCUT2D eigenvalue weighted by Gasteiger charge is -2.25. The average Bonchev–Trinajstić information content (AvgIpc) is 2.72. The number of rotatable bonds is 7. The molecule has 160 valence electrons. The third-order valence-electron chi connectivity index (χ3n) is 5.36. The molecule has 3 rings (SSSR count). The van der Waals surface area contributed by atoms with Crippen molar-refractivity contribution in [2.24, 2.45) is 0 Å². The Morgan fingerprint density at radius 3 is 2.20 bits per heavy atom. The Labute approximate surface area is 182 Å². The van der Waals surface area contributed by atoms with Gasteiger partial charge >= 0.3 is 0 Å². The summed E-state index contributed by atoms with van der Waals surface area (Å²) in [5, 5.41) is 32.0. The van der Waals surface area contributed by atoms with Crippen molar-refractivity contribution in [3.63, 3.8) is 0 Å². The molecule has 3 N–H and O–H groups in total. The molecule has 30 heavy (non-hydrogen) atoms. The van der Waals surface area contributed by atoms with Crippen LogP contribution < -0.4 is 4.74 Å². The molecule has 7 nitrogen and oxygen atoms in total. The summed E-state index contributed by atoms with van der Waals surface area (Å²) in [6.45, 7) is 2.05. The van der Waals surface area contributed by atoms with E-state index in [1.807, 2.05) is 0 Å². The van der Waals surface area contributed by atoms with Crippen LogP contribution in [0.4, 0.5) is 0 Å². The van der Waals surface area contributed by atoms with Crippen LogP contribution in [0.1, 0.15) is 76.1 Å². The molecule has 0 amide bonds. The predicted molar refractivity (Wildman–Crippen MR) is 113 cm³/mol. The highest BCUT2D eigenvalue weighted by molar-refractivity contribution is 9.10. The van der Waals surface area contributed by atoms with E-state index >= 15 is 0 Å². The van der Waals surface area contributed by atoms with Crippen LogP contribution in [0.2, 0.25) is 0 Å². The highest BCUT2D eigenvalue weighted by Crippen LogP contribution is 2.48. The van der Waals surface area contributed by atoms with E-state index < -0.39 is 29.2 Å². The Hall–Kier alpha value is -2.58. The van der Waals surface area contributed by atoms with E-state index in [1.165, 1.54) is 26.4 Å². The molecule has 1 aliphatic rings. The molecule has 2 aromatic carbocycles. The largest absolute Gasteiger partial charge is 0.507 e. The molecule has 8 heteroatoms. The van der Waals surface area contributed by atoms with E-state index in [9.17, 15) is 24.9 Å². The van der Waals surface area contributed by atoms with Crippen molar-refractivity contribution in [2.75, 3.05) is 14.2 Å². The first-order chi connectivity index (χ1) is 14.3. The van der Waals surface area contributed by atoms with Crippen molar-refractivity contribution in [1.82, 2.24) is 0 Å². The molecule has 1 unspecified atom stereocenters. The third-order valence-corrected chi connectivity index (χ3v) is 6.13. The Morgan fingerprint density at radius 1 is 0.967 bits per heavy atom. The minimum atomic E-state index is -0.720. The van der Waals surface area contributed by atoms with Gasteiger partial charge in [-0.2, -0.15) is 0 Å². The van der Waals surface area contributed by atoms with Gasteiger partial charge in [-0.15, -0.1) is 0 Å². The van der Waals surface area contributed by atoms with Crippen molar-refractivity contribution in [1.29, 1.82) is 0 Å². The van der Waals surface area contributed by atoms with Gasteiger partial charge in [-0.1, -0.05) is 26.2 Å². The first-order valence-electron chi connectivity index (χ1n) is 9.58. The summed E-state index contributed by atoms with van der Waals surface area (Å²) in [4.78, 5) is 26.3. The molecule has 1 aliphatic carbocycles. The van der Waals surface area contributed by atoms with Crippen molar-refractivity contribution >= 4 is 27.5 Å². The van der Waals surface area contributed by atoms with Crippen LogP contribution in [0.3, 0.4) is 0 Å². The number of fused-ring (bicyclic) bond motifs is 2. The summed E-state index contributed by atoms with van der Waals surface area (Å²) in [5.41, 5.74) is -0.637. The molecule has 0 heterocycles. The fourth-order valence-corrected chi connectivity index (χ4v) is 4.28. The number of hydrogen-bond acceptors (Lipinski definition) is 7. The van der Waals surface area contributed by atoms with Crippen LogP contribution in [0, 0.1) is 0 Å². The summed E-state index contributed by atoms with van der Waals surface area (Å²) in [5.74, 6) is -2.44. The number of unbranched alkanes of at least 4 members (excludes halogenated alkanes) is 2. The van der Waals surface area contributed by atoms with Gasteiger partial charge in [0.2, 0.25) is 5.78 Å². The molecule has 0 fully saturated rings. The van der Waals surface area contributed by atoms with Crippen molar-refractivity contribution in [3.8, 4) is 23.0 Å². The molecule has 0 aromatic heterocycles. The molecular weight excluding hydrogens is 456 g/mol. The number of aromatic hydroxyl groups is 3. The van der Waals surface area contributed by atoms with Gasteiger partial charge < -0.3 is 24.8 Å². The molecule has 0 saturated heterocycles. The van der Waals surface area contributed by atoms with E-state index in [0.29, 0.717) is 6.42 Å². The molecule has 1 atom stereocenters. The zero-order valence-corrected chi connectivity index (χ0v) is 18.5. The predicted octanol–water partition coefficient (Wildman–Crippen LogP) is 4.62. The molecular formula is C22H23BrO7. The van der Waals surface area contributed by atoms with Crippen LogP contribution in [0.5, 0.6) is 23.0 Å². The quantitative estimate of drug-likeness (QED) is 0.424. The second-order valence-electron chi connectivity index (χ2n) is 7.12. The highest BCUT2D eigenvalue weighted by atomic mass is 79.9. The monoisotopic (exact) mass is 478 g/mol. The zero-order valence-electron chi connectivity index (χ0n) is 16.9. The molecule has 0 spiro atoms. The van der Waals surface area contributed by atoms with Crippen LogP contribution >= 0.6 is 15.9 Å². The second-order valence-corrected chi connectivity index (χ2v) is 7.92. The lowest BCUT2D eigenvalue weighted by molar-refractivity contribution is 0.0877. The summed E-state index contributed by atoms with van der Waals surface area (Å²) in [7, 11) is 2.81. The number of benzene rings is 2. The topological polar surface area (TPSA) is 113 Å². The standard InChI is InChI=1S/C22H23BrO7/c1-4-5-6-7-13(29-2)17-12(24)8-10-15(21(17)27)20(26)16-11(19(10)25)9-14(30-3)18(23)22(16)28/h8-9,13,24,27-28H,4-7H2,1-3H3. The fourth-order valence-electron chi connectivity index (χ4n) is 3.80. The summed E-state index contributed by atoms with van der Waals surface area (Å²) in [6.07, 6.45) is 2.61. The number of ether oxygens (including phenoxy) is 2. The lowest BCUT2D eigenvalue weighted by Crippen LogP contribution is -2.22. The minimum absolute atomic E-state index is 0.0593. The van der Waals surface area contributed by atoms with E-state index in [0.717, 1.165) is 19.3 Å². The molecule has 2 aromatic rings. The number of carbonyl (C=O) groups excluding carboxylic acids is 2. The zero-order chi connectivity index (χ0) is 22.2. The van der Waals surface area contributed by atoms with Crippen molar-refractivity contribution < 1.29 is 34.4 Å². The summed E-state index contributed by atoms with van der Waals surface area (Å²) in [6, 6.07) is 2.51. The van der Waals surface area contributed by atoms with E-state index in [2.05, 4.69) is 22.9 Å². The molecule has 0 radical (unpaired) electrons. The fraction of sp³-hybridized carbons (Fsp3) is 0.364. The van der Waals surface area contributed by atoms with Gasteiger partial charge in [-0.25, -0.2) is 0 Å². The number of ketones is 2. The Morgan fingerprint density at radius 2 is 1.60 bits per heavy atom. The number of methoxy groups -OCH3 is 2. The van der Waals surface area contributed by atoms with Crippen LogP contribution in [-0.2, 0) is 4.74 Å². The Kier molecular flexibility index (Phi) is 6.38. The maximum absolute atomic E-state index is 13.2. The SMILES string of the molecule is CCCCCC(OC)c1c(O)cc2c(c1O)C(=O)c1c(cc(OC)c(Br)c1O)C2=O. The van der Waals surface area contributed by atoms with Gasteiger partial charge in [0.1, 0.15) is 27.5 Å². The normalized spacial score (nSPS) is 13.7. The van der Waals surface area contributed by atoms with Gasteiger partial charge in [0.05, 0.1) is 29.9 Å². The minimum Gasteiger partial charge on any atom is -0.507 e. The van der Waals surface area contributed by atoms with Gasteiger partial charge in [0.25, 0.3) is 0 Å². The Bertz CT molecular complexity index is 1030. The maximum atomic E-state index is 13.2. The molecule has 0 saturated carbocycles. The number of phenolic OH excluding ortho intramolecular Hbond substituents is 3. The van der Waals surface area contributed by atoms with Crippen molar-refractivity contribution in [2.45, 2.75) is 38.7 Å². The maximum Gasteiger partial charge on any atom is 0.202 e. The summed E-state index contributed by atoms with van der Waals surface area (Å²) >= 11 is 3.16.